The summed E-state index contributed by atoms with van der Waals surface area (Å²) in [4.78, 5) is 22.8. The number of anilines is 1. The van der Waals surface area contributed by atoms with E-state index in [1.165, 1.54) is 6.33 Å². The molecule has 0 radical (unpaired) electrons. The predicted molar refractivity (Wildman–Crippen MR) is 62.3 cm³/mol. The molecule has 0 aliphatic carbocycles. The maximum absolute atomic E-state index is 11.4. The summed E-state index contributed by atoms with van der Waals surface area (Å²) in [7, 11) is 0. The highest BCUT2D eigenvalue weighted by Crippen LogP contribution is 2.25. The Morgan fingerprint density at radius 2 is 2.19 bits per heavy atom. The molecule has 5 nitrogen and oxygen atoms in total. The third-order valence-corrected chi connectivity index (χ3v) is 2.67. The lowest BCUT2D eigenvalue weighted by molar-refractivity contribution is -0.115. The zero-order valence-corrected chi connectivity index (χ0v) is 9.59. The predicted octanol–water partition coefficient (Wildman–Crippen LogP) is 1.92. The first-order chi connectivity index (χ1) is 7.63. The summed E-state index contributed by atoms with van der Waals surface area (Å²) >= 11 is 0. The van der Waals surface area contributed by atoms with Gasteiger partial charge in [0.05, 0.1) is 5.39 Å². The number of fused-ring (bicyclic) bond motifs is 1. The van der Waals surface area contributed by atoms with E-state index in [0.29, 0.717) is 12.2 Å². The van der Waals surface area contributed by atoms with Crippen molar-refractivity contribution in [1.29, 1.82) is 0 Å². The van der Waals surface area contributed by atoms with Gasteiger partial charge in [-0.2, -0.15) is 0 Å². The summed E-state index contributed by atoms with van der Waals surface area (Å²) in [6.45, 7) is 5.77. The average molecular weight is 218 g/mol. The van der Waals surface area contributed by atoms with Crippen molar-refractivity contribution in [3.8, 4) is 0 Å². The third kappa shape index (κ3) is 1.64. The average Bonchev–Trinajstić information content (AvgIpc) is 2.56. The van der Waals surface area contributed by atoms with Gasteiger partial charge in [0.1, 0.15) is 17.8 Å². The number of amides is 1. The molecule has 16 heavy (non-hydrogen) atoms. The molecular weight excluding hydrogens is 204 g/mol. The molecule has 0 saturated heterocycles. The minimum absolute atomic E-state index is 0.0433. The zero-order chi connectivity index (χ0) is 11.7. The fourth-order valence-corrected chi connectivity index (χ4v) is 1.61. The number of H-pyrrole nitrogens is 1. The SMILES string of the molecule is CCC(=O)Nc1ncnc2[nH]c(C)c(C)c12. The second-order valence-corrected chi connectivity index (χ2v) is 3.72. The van der Waals surface area contributed by atoms with Gasteiger partial charge in [0.15, 0.2) is 0 Å². The van der Waals surface area contributed by atoms with Crippen molar-refractivity contribution in [2.24, 2.45) is 0 Å². The number of aromatic nitrogens is 3. The standard InChI is InChI=1S/C11H14N4O/c1-4-8(16)15-11-9-6(2)7(3)14-10(9)12-5-13-11/h5H,4H2,1-3H3,(H2,12,13,14,15,16). The molecule has 2 heterocycles. The van der Waals surface area contributed by atoms with Crippen molar-refractivity contribution in [2.75, 3.05) is 5.32 Å². The number of hydrogen-bond donors (Lipinski definition) is 2. The Morgan fingerprint density at radius 3 is 2.88 bits per heavy atom. The van der Waals surface area contributed by atoms with Crippen LogP contribution in [0.2, 0.25) is 0 Å². The van der Waals surface area contributed by atoms with Gasteiger partial charge >= 0.3 is 0 Å². The van der Waals surface area contributed by atoms with Crippen LogP contribution in [0.1, 0.15) is 24.6 Å². The Morgan fingerprint density at radius 1 is 1.44 bits per heavy atom. The third-order valence-electron chi connectivity index (χ3n) is 2.67. The molecule has 2 aromatic rings. The summed E-state index contributed by atoms with van der Waals surface area (Å²) in [6.07, 6.45) is 1.89. The number of nitrogens with one attached hydrogen (secondary N) is 2. The van der Waals surface area contributed by atoms with Gasteiger partial charge in [0.2, 0.25) is 5.91 Å². The van der Waals surface area contributed by atoms with Gasteiger partial charge in [-0.25, -0.2) is 9.97 Å². The molecule has 0 unspecified atom stereocenters. The largest absolute Gasteiger partial charge is 0.343 e. The second-order valence-electron chi connectivity index (χ2n) is 3.72. The monoisotopic (exact) mass is 218 g/mol. The molecule has 0 aromatic carbocycles. The Bertz CT molecular complexity index is 544. The molecule has 0 aliphatic rings. The van der Waals surface area contributed by atoms with E-state index in [4.69, 9.17) is 0 Å². The first-order valence-corrected chi connectivity index (χ1v) is 5.23. The highest BCUT2D eigenvalue weighted by Gasteiger charge is 2.12. The van der Waals surface area contributed by atoms with Gasteiger partial charge in [-0.05, 0) is 19.4 Å². The number of carbonyl (C=O) groups excluding carboxylic acids is 1. The van der Waals surface area contributed by atoms with Crippen LogP contribution >= 0.6 is 0 Å². The highest BCUT2D eigenvalue weighted by atomic mass is 16.1. The van der Waals surface area contributed by atoms with E-state index in [-0.39, 0.29) is 5.91 Å². The summed E-state index contributed by atoms with van der Waals surface area (Å²) in [6, 6.07) is 0. The Kier molecular flexibility index (Phi) is 2.60. The smallest absolute Gasteiger partial charge is 0.225 e. The van der Waals surface area contributed by atoms with E-state index in [1.807, 2.05) is 20.8 Å². The molecule has 5 heteroatoms. The van der Waals surface area contributed by atoms with Crippen LogP contribution < -0.4 is 5.32 Å². The minimum atomic E-state index is -0.0433. The fraction of sp³-hybridized carbons (Fsp3) is 0.364. The van der Waals surface area contributed by atoms with Crippen molar-refractivity contribution in [2.45, 2.75) is 27.2 Å². The van der Waals surface area contributed by atoms with E-state index in [9.17, 15) is 4.79 Å². The lowest BCUT2D eigenvalue weighted by Crippen LogP contribution is -2.11. The summed E-state index contributed by atoms with van der Waals surface area (Å²) < 4.78 is 0. The van der Waals surface area contributed by atoms with Gasteiger partial charge in [-0.1, -0.05) is 6.92 Å². The van der Waals surface area contributed by atoms with Crippen molar-refractivity contribution >= 4 is 22.8 Å². The van der Waals surface area contributed by atoms with Gasteiger partial charge in [0.25, 0.3) is 0 Å². The summed E-state index contributed by atoms with van der Waals surface area (Å²) in [5.74, 6) is 0.539. The zero-order valence-electron chi connectivity index (χ0n) is 9.59. The second kappa shape index (κ2) is 3.92. The van der Waals surface area contributed by atoms with Gasteiger partial charge in [0, 0.05) is 12.1 Å². The lowest BCUT2D eigenvalue weighted by atomic mass is 10.2. The summed E-state index contributed by atoms with van der Waals surface area (Å²) in [5, 5.41) is 3.67. The maximum Gasteiger partial charge on any atom is 0.225 e. The molecule has 2 aromatic heterocycles. The van der Waals surface area contributed by atoms with E-state index in [0.717, 1.165) is 22.3 Å². The van der Waals surface area contributed by atoms with E-state index in [2.05, 4.69) is 20.3 Å². The van der Waals surface area contributed by atoms with E-state index < -0.39 is 0 Å². The number of hydrogen-bond acceptors (Lipinski definition) is 3. The molecule has 84 valence electrons. The van der Waals surface area contributed by atoms with E-state index >= 15 is 0 Å². The van der Waals surface area contributed by atoms with Crippen LogP contribution in [0, 0.1) is 13.8 Å². The van der Waals surface area contributed by atoms with Crippen molar-refractivity contribution < 1.29 is 4.79 Å². The lowest BCUT2D eigenvalue weighted by Gasteiger charge is -2.03. The van der Waals surface area contributed by atoms with E-state index in [1.54, 1.807) is 0 Å². The van der Waals surface area contributed by atoms with Crippen LogP contribution in [0.25, 0.3) is 11.0 Å². The Balaban J connectivity index is 2.56. The molecule has 1 amide bonds. The van der Waals surface area contributed by atoms with Crippen LogP contribution in [0.4, 0.5) is 5.82 Å². The van der Waals surface area contributed by atoms with Crippen molar-refractivity contribution in [3.05, 3.63) is 17.6 Å². The van der Waals surface area contributed by atoms with Crippen molar-refractivity contribution in [3.63, 3.8) is 0 Å². The van der Waals surface area contributed by atoms with Gasteiger partial charge < -0.3 is 10.3 Å². The fourth-order valence-electron chi connectivity index (χ4n) is 1.61. The highest BCUT2D eigenvalue weighted by molar-refractivity contribution is 6.00. The first-order valence-electron chi connectivity index (χ1n) is 5.23. The van der Waals surface area contributed by atoms with Crippen molar-refractivity contribution in [1.82, 2.24) is 15.0 Å². The topological polar surface area (TPSA) is 70.7 Å². The minimum Gasteiger partial charge on any atom is -0.343 e. The normalized spacial score (nSPS) is 10.7. The molecule has 0 aliphatic heterocycles. The molecular formula is C11H14N4O. The summed E-state index contributed by atoms with van der Waals surface area (Å²) in [5.41, 5.74) is 2.88. The first kappa shape index (κ1) is 10.6. The van der Waals surface area contributed by atoms with Gasteiger partial charge in [-0.3, -0.25) is 4.79 Å². The van der Waals surface area contributed by atoms with Gasteiger partial charge in [-0.15, -0.1) is 0 Å². The van der Waals surface area contributed by atoms with Crippen LogP contribution in [0.5, 0.6) is 0 Å². The number of aromatic amines is 1. The Labute approximate surface area is 93.3 Å². The molecule has 0 fully saturated rings. The molecule has 0 bridgehead atoms. The van der Waals surface area contributed by atoms with Crippen LogP contribution in [0.15, 0.2) is 6.33 Å². The van der Waals surface area contributed by atoms with Crippen LogP contribution in [-0.2, 0) is 4.79 Å². The Hall–Kier alpha value is -1.91. The number of rotatable bonds is 2. The number of carbonyl (C=O) groups is 1. The quantitative estimate of drug-likeness (QED) is 0.809. The number of aryl methyl sites for hydroxylation is 2. The van der Waals surface area contributed by atoms with Crippen LogP contribution in [0.3, 0.4) is 0 Å². The van der Waals surface area contributed by atoms with Crippen LogP contribution in [-0.4, -0.2) is 20.9 Å². The molecule has 0 saturated carbocycles. The molecule has 2 N–H and O–H groups in total. The molecule has 0 spiro atoms. The number of nitrogens with zero attached hydrogens (tertiary/aromatic N) is 2. The molecule has 0 atom stereocenters. The molecule has 2 rings (SSSR count). The maximum atomic E-state index is 11.4.